The number of aromatic nitrogens is 3. The van der Waals surface area contributed by atoms with Gasteiger partial charge in [-0.3, -0.25) is 0 Å². The van der Waals surface area contributed by atoms with Crippen molar-refractivity contribution in [3.63, 3.8) is 0 Å². The van der Waals surface area contributed by atoms with Crippen molar-refractivity contribution in [2.75, 3.05) is 0 Å². The molecule has 4 nitrogen and oxygen atoms in total. The Morgan fingerprint density at radius 1 is 0.741 bits per heavy atom. The van der Waals surface area contributed by atoms with E-state index in [1.807, 2.05) is 24.3 Å². The predicted octanol–water partition coefficient (Wildman–Crippen LogP) is 5.68. The van der Waals surface area contributed by atoms with Crippen molar-refractivity contribution in [2.24, 2.45) is 0 Å². The lowest BCUT2D eigenvalue weighted by Gasteiger charge is -2.14. The summed E-state index contributed by atoms with van der Waals surface area (Å²) in [6.45, 7) is 0. The topological polar surface area (TPSA) is 50.9 Å². The van der Waals surface area contributed by atoms with E-state index < -0.39 is 0 Å². The summed E-state index contributed by atoms with van der Waals surface area (Å²) < 4.78 is 0. The van der Waals surface area contributed by atoms with E-state index in [0.29, 0.717) is 16.2 Å². The van der Waals surface area contributed by atoms with Gasteiger partial charge in [0.25, 0.3) is 0 Å². The van der Waals surface area contributed by atoms with E-state index >= 15 is 0 Å². The van der Waals surface area contributed by atoms with Crippen molar-refractivity contribution in [3.05, 3.63) is 71.8 Å². The molecule has 1 N–H and O–H groups in total. The van der Waals surface area contributed by atoms with Crippen LogP contribution in [-0.2, 0) is 0 Å². The second-order valence-electron chi connectivity index (χ2n) is 6.72. The third-order valence-corrected chi connectivity index (χ3v) is 5.39. The Labute approximate surface area is 158 Å². The number of aromatic hydroxyl groups is 1. The average Bonchev–Trinajstić information content (AvgIpc) is 3.10. The molecule has 0 aliphatic rings. The van der Waals surface area contributed by atoms with Gasteiger partial charge in [-0.25, -0.2) is 0 Å². The van der Waals surface area contributed by atoms with Crippen LogP contribution in [0, 0.1) is 0 Å². The SMILES string of the molecule is Oc1c(-n2nc3ccc(Cl)cc3n2)cc2ccc3cccc4ccc1c2c34. The van der Waals surface area contributed by atoms with Crippen molar-refractivity contribution in [2.45, 2.75) is 0 Å². The summed E-state index contributed by atoms with van der Waals surface area (Å²) in [4.78, 5) is 1.48. The monoisotopic (exact) mass is 369 g/mol. The number of hydrogen-bond donors (Lipinski definition) is 1. The molecular formula is C22H12ClN3O. The Morgan fingerprint density at radius 2 is 1.48 bits per heavy atom. The molecule has 0 aliphatic carbocycles. The van der Waals surface area contributed by atoms with Crippen LogP contribution in [0.15, 0.2) is 66.7 Å². The first-order valence-corrected chi connectivity index (χ1v) is 8.99. The minimum Gasteiger partial charge on any atom is -0.505 e. The quantitative estimate of drug-likeness (QED) is 0.379. The molecular weight excluding hydrogens is 358 g/mol. The minimum atomic E-state index is 0.173. The van der Waals surface area contributed by atoms with E-state index in [0.717, 1.165) is 32.4 Å². The molecule has 5 aromatic carbocycles. The van der Waals surface area contributed by atoms with Crippen LogP contribution in [0.2, 0.25) is 5.02 Å². The number of phenols is 1. The first-order chi connectivity index (χ1) is 13.2. The van der Waals surface area contributed by atoms with Gasteiger partial charge in [0, 0.05) is 15.8 Å². The first kappa shape index (κ1) is 14.8. The number of nitrogens with zero attached hydrogens (tertiary/aromatic N) is 3. The summed E-state index contributed by atoms with van der Waals surface area (Å²) in [5.74, 6) is 0.173. The van der Waals surface area contributed by atoms with Crippen molar-refractivity contribution in [3.8, 4) is 11.4 Å². The van der Waals surface area contributed by atoms with E-state index in [-0.39, 0.29) is 5.75 Å². The molecule has 128 valence electrons. The van der Waals surface area contributed by atoms with Gasteiger partial charge in [-0.2, -0.15) is 0 Å². The Balaban J connectivity index is 1.73. The highest BCUT2D eigenvalue weighted by Crippen LogP contribution is 2.41. The highest BCUT2D eigenvalue weighted by Gasteiger charge is 2.17. The lowest BCUT2D eigenvalue weighted by atomic mass is 9.93. The van der Waals surface area contributed by atoms with Gasteiger partial charge in [0.1, 0.15) is 16.7 Å². The maximum atomic E-state index is 11.0. The molecule has 0 aliphatic heterocycles. The molecule has 0 spiro atoms. The first-order valence-electron chi connectivity index (χ1n) is 8.61. The van der Waals surface area contributed by atoms with Crippen molar-refractivity contribution < 1.29 is 5.11 Å². The third-order valence-electron chi connectivity index (χ3n) is 5.16. The van der Waals surface area contributed by atoms with Crippen LogP contribution in [0.1, 0.15) is 0 Å². The fourth-order valence-corrected chi connectivity index (χ4v) is 4.09. The summed E-state index contributed by atoms with van der Waals surface area (Å²) >= 11 is 6.06. The number of benzene rings is 5. The van der Waals surface area contributed by atoms with Gasteiger partial charge >= 0.3 is 0 Å². The normalized spacial score (nSPS) is 12.0. The molecule has 27 heavy (non-hydrogen) atoms. The van der Waals surface area contributed by atoms with Gasteiger partial charge in [-0.1, -0.05) is 48.0 Å². The summed E-state index contributed by atoms with van der Waals surface area (Å²) in [5.41, 5.74) is 1.96. The zero-order valence-corrected chi connectivity index (χ0v) is 14.8. The number of halogens is 1. The maximum Gasteiger partial charge on any atom is 0.150 e. The van der Waals surface area contributed by atoms with Crippen LogP contribution < -0.4 is 0 Å². The molecule has 0 fully saturated rings. The molecule has 1 aromatic heterocycles. The predicted molar refractivity (Wildman–Crippen MR) is 109 cm³/mol. The van der Waals surface area contributed by atoms with Crippen LogP contribution in [-0.4, -0.2) is 20.1 Å². The molecule has 6 aromatic rings. The molecule has 0 bridgehead atoms. The molecule has 1 heterocycles. The van der Waals surface area contributed by atoms with E-state index in [9.17, 15) is 5.11 Å². The minimum absolute atomic E-state index is 0.173. The standard InChI is InChI=1S/C22H12ClN3O/c23-15-7-9-17-18(11-15)25-26(24-17)19-10-14-5-4-12-2-1-3-13-6-8-16(22(19)27)21(14)20(12)13/h1-11,27H. The Kier molecular flexibility index (Phi) is 2.78. The maximum absolute atomic E-state index is 11.0. The van der Waals surface area contributed by atoms with Crippen molar-refractivity contribution in [1.29, 1.82) is 0 Å². The third kappa shape index (κ3) is 1.99. The summed E-state index contributed by atoms with van der Waals surface area (Å²) in [6.07, 6.45) is 0. The smallest absolute Gasteiger partial charge is 0.150 e. The van der Waals surface area contributed by atoms with Crippen LogP contribution in [0.25, 0.3) is 49.0 Å². The lowest BCUT2D eigenvalue weighted by Crippen LogP contribution is -2.00. The number of phenolic OH excluding ortho intramolecular Hbond substituents is 1. The van der Waals surface area contributed by atoms with Gasteiger partial charge in [-0.15, -0.1) is 15.0 Å². The fraction of sp³-hybridized carbons (Fsp3) is 0. The van der Waals surface area contributed by atoms with Crippen LogP contribution in [0.4, 0.5) is 0 Å². The molecule has 6 rings (SSSR count). The van der Waals surface area contributed by atoms with Gasteiger partial charge in [0.15, 0.2) is 5.75 Å². The van der Waals surface area contributed by atoms with Crippen LogP contribution in [0.3, 0.4) is 0 Å². The molecule has 0 amide bonds. The number of hydrogen-bond acceptors (Lipinski definition) is 3. The Hall–Kier alpha value is -3.37. The highest BCUT2D eigenvalue weighted by atomic mass is 35.5. The van der Waals surface area contributed by atoms with Gasteiger partial charge in [0.2, 0.25) is 0 Å². The van der Waals surface area contributed by atoms with E-state index in [4.69, 9.17) is 11.6 Å². The lowest BCUT2D eigenvalue weighted by molar-refractivity contribution is 0.474. The van der Waals surface area contributed by atoms with Crippen molar-refractivity contribution in [1.82, 2.24) is 15.0 Å². The second kappa shape index (κ2) is 5.09. The average molecular weight is 370 g/mol. The number of fused-ring (bicyclic) bond motifs is 1. The van der Waals surface area contributed by atoms with Gasteiger partial charge in [-0.05, 0) is 51.9 Å². The summed E-state index contributed by atoms with van der Waals surface area (Å²) in [7, 11) is 0. The summed E-state index contributed by atoms with van der Waals surface area (Å²) in [6, 6.07) is 21.7. The van der Waals surface area contributed by atoms with E-state index in [2.05, 4.69) is 40.5 Å². The molecule has 0 unspecified atom stereocenters. The zero-order valence-electron chi connectivity index (χ0n) is 14.0. The molecule has 0 atom stereocenters. The zero-order chi connectivity index (χ0) is 18.1. The fourth-order valence-electron chi connectivity index (χ4n) is 3.93. The van der Waals surface area contributed by atoms with Crippen LogP contribution in [0.5, 0.6) is 5.75 Å². The van der Waals surface area contributed by atoms with E-state index in [1.54, 1.807) is 12.1 Å². The molecule has 0 radical (unpaired) electrons. The molecule has 0 saturated carbocycles. The highest BCUT2D eigenvalue weighted by molar-refractivity contribution is 6.31. The largest absolute Gasteiger partial charge is 0.505 e. The van der Waals surface area contributed by atoms with Crippen molar-refractivity contribution >= 4 is 55.0 Å². The van der Waals surface area contributed by atoms with Gasteiger partial charge < -0.3 is 5.11 Å². The summed E-state index contributed by atoms with van der Waals surface area (Å²) in [5, 5.41) is 27.0. The Morgan fingerprint density at radius 3 is 2.33 bits per heavy atom. The van der Waals surface area contributed by atoms with Crippen LogP contribution >= 0.6 is 11.6 Å². The number of rotatable bonds is 1. The molecule has 0 saturated heterocycles. The van der Waals surface area contributed by atoms with E-state index in [1.165, 1.54) is 10.2 Å². The van der Waals surface area contributed by atoms with Gasteiger partial charge in [0.05, 0.1) is 0 Å². The Bertz CT molecular complexity index is 1490. The second-order valence-corrected chi connectivity index (χ2v) is 7.16. The molecule has 5 heteroatoms.